The van der Waals surface area contributed by atoms with Crippen molar-refractivity contribution in [2.45, 2.75) is 19.4 Å². The first-order valence-electron chi connectivity index (χ1n) is 9.56. The van der Waals surface area contributed by atoms with Gasteiger partial charge >= 0.3 is 11.9 Å². The Hall–Kier alpha value is -2.45. The van der Waals surface area contributed by atoms with Gasteiger partial charge in [0.05, 0.1) is 5.92 Å². The third-order valence-corrected chi connectivity index (χ3v) is 5.10. The summed E-state index contributed by atoms with van der Waals surface area (Å²) < 4.78 is 0. The second kappa shape index (κ2) is 10.8. The van der Waals surface area contributed by atoms with Crippen LogP contribution in [0.3, 0.4) is 0 Å². The monoisotopic (exact) mass is 391 g/mol. The van der Waals surface area contributed by atoms with Crippen LogP contribution in [-0.4, -0.2) is 89.1 Å². The standard InChI is InChI=1S/C18H27N3O.C2H2O4/c1-19-10-12-21(13-11-19)18(22)17-8-5-9-20(15-17)14-16-6-3-2-4-7-16;3-1(4)2(5)6/h2-4,6-7,17H,5,8-15H2,1H3;(H,3,4)(H,5,6). The number of likely N-dealkylation sites (N-methyl/N-ethyl adjacent to an activating group) is 1. The molecule has 3 rings (SSSR count). The molecule has 2 aliphatic heterocycles. The molecule has 0 bridgehead atoms. The van der Waals surface area contributed by atoms with Gasteiger partial charge in [0.25, 0.3) is 0 Å². The third-order valence-electron chi connectivity index (χ3n) is 5.10. The summed E-state index contributed by atoms with van der Waals surface area (Å²) >= 11 is 0. The van der Waals surface area contributed by atoms with Crippen LogP contribution in [0, 0.1) is 5.92 Å². The van der Waals surface area contributed by atoms with Crippen LogP contribution < -0.4 is 0 Å². The first-order chi connectivity index (χ1) is 13.4. The van der Waals surface area contributed by atoms with Crippen molar-refractivity contribution in [3.05, 3.63) is 35.9 Å². The van der Waals surface area contributed by atoms with E-state index < -0.39 is 11.9 Å². The molecular weight excluding hydrogens is 362 g/mol. The Morgan fingerprint density at radius 2 is 1.57 bits per heavy atom. The Morgan fingerprint density at radius 3 is 2.14 bits per heavy atom. The number of amides is 1. The fraction of sp³-hybridized carbons (Fsp3) is 0.550. The van der Waals surface area contributed by atoms with Crippen LogP contribution in [-0.2, 0) is 20.9 Å². The molecule has 0 radical (unpaired) electrons. The fourth-order valence-electron chi connectivity index (χ4n) is 3.53. The van der Waals surface area contributed by atoms with Gasteiger partial charge in [0, 0.05) is 39.3 Å². The van der Waals surface area contributed by atoms with Crippen molar-refractivity contribution in [1.29, 1.82) is 0 Å². The number of piperazine rings is 1. The average Bonchev–Trinajstić information content (AvgIpc) is 2.69. The lowest BCUT2D eigenvalue weighted by atomic mass is 9.95. The number of hydrogen-bond acceptors (Lipinski definition) is 5. The molecule has 1 amide bonds. The topological polar surface area (TPSA) is 101 Å². The number of piperidine rings is 1. The third kappa shape index (κ3) is 6.94. The molecule has 0 spiro atoms. The van der Waals surface area contributed by atoms with E-state index in [0.29, 0.717) is 5.91 Å². The maximum atomic E-state index is 12.7. The van der Waals surface area contributed by atoms with E-state index in [1.807, 2.05) is 0 Å². The van der Waals surface area contributed by atoms with Crippen LogP contribution in [0.15, 0.2) is 30.3 Å². The molecule has 2 saturated heterocycles. The summed E-state index contributed by atoms with van der Waals surface area (Å²) in [4.78, 5) is 37.8. The molecule has 2 N–H and O–H groups in total. The molecule has 154 valence electrons. The van der Waals surface area contributed by atoms with Gasteiger partial charge in [-0.05, 0) is 32.0 Å². The number of likely N-dealkylation sites (tertiary alicyclic amines) is 1. The van der Waals surface area contributed by atoms with E-state index in [-0.39, 0.29) is 5.92 Å². The van der Waals surface area contributed by atoms with Gasteiger partial charge in [0.15, 0.2) is 0 Å². The van der Waals surface area contributed by atoms with Crippen molar-refractivity contribution >= 4 is 17.8 Å². The Bertz CT molecular complexity index is 647. The second-order valence-electron chi connectivity index (χ2n) is 7.30. The number of rotatable bonds is 3. The molecule has 2 aliphatic rings. The number of aliphatic carboxylic acids is 2. The van der Waals surface area contributed by atoms with Crippen LogP contribution in [0.25, 0.3) is 0 Å². The SMILES string of the molecule is CN1CCN(C(=O)C2CCCN(Cc3ccccc3)C2)CC1.O=C(O)C(=O)O. The highest BCUT2D eigenvalue weighted by Crippen LogP contribution is 2.21. The Balaban J connectivity index is 0.000000409. The van der Waals surface area contributed by atoms with Crippen LogP contribution in [0.4, 0.5) is 0 Å². The van der Waals surface area contributed by atoms with Gasteiger partial charge in [-0.3, -0.25) is 9.69 Å². The van der Waals surface area contributed by atoms with Crippen molar-refractivity contribution in [2.75, 3.05) is 46.3 Å². The molecule has 2 fully saturated rings. The average molecular weight is 391 g/mol. The molecule has 8 nitrogen and oxygen atoms in total. The largest absolute Gasteiger partial charge is 0.473 e. The van der Waals surface area contributed by atoms with E-state index in [2.05, 4.69) is 52.1 Å². The summed E-state index contributed by atoms with van der Waals surface area (Å²) in [6.07, 6.45) is 2.19. The Morgan fingerprint density at radius 1 is 0.964 bits per heavy atom. The molecule has 28 heavy (non-hydrogen) atoms. The molecule has 0 aliphatic carbocycles. The van der Waals surface area contributed by atoms with Crippen LogP contribution in [0.5, 0.6) is 0 Å². The predicted molar refractivity (Wildman–Crippen MR) is 104 cm³/mol. The van der Waals surface area contributed by atoms with Crippen molar-refractivity contribution in [2.24, 2.45) is 5.92 Å². The summed E-state index contributed by atoms with van der Waals surface area (Å²) in [7, 11) is 2.13. The maximum Gasteiger partial charge on any atom is 0.414 e. The van der Waals surface area contributed by atoms with Gasteiger partial charge in [-0.15, -0.1) is 0 Å². The zero-order valence-corrected chi connectivity index (χ0v) is 16.3. The van der Waals surface area contributed by atoms with Gasteiger partial charge in [-0.25, -0.2) is 9.59 Å². The van der Waals surface area contributed by atoms with Gasteiger partial charge < -0.3 is 20.0 Å². The summed E-state index contributed by atoms with van der Waals surface area (Å²) in [5.41, 5.74) is 1.34. The lowest BCUT2D eigenvalue weighted by molar-refractivity contribution is -0.159. The number of benzene rings is 1. The maximum absolute atomic E-state index is 12.7. The summed E-state index contributed by atoms with van der Waals surface area (Å²) in [5.74, 6) is -3.07. The molecule has 0 aromatic heterocycles. The number of carboxylic acid groups (broad SMARTS) is 2. The van der Waals surface area contributed by atoms with E-state index in [9.17, 15) is 4.79 Å². The highest BCUT2D eigenvalue weighted by molar-refractivity contribution is 6.27. The lowest BCUT2D eigenvalue weighted by Gasteiger charge is -2.38. The zero-order chi connectivity index (χ0) is 20.5. The number of carbonyl (C=O) groups excluding carboxylic acids is 1. The quantitative estimate of drug-likeness (QED) is 0.736. The normalized spacial score (nSPS) is 20.8. The highest BCUT2D eigenvalue weighted by atomic mass is 16.4. The first kappa shape index (κ1) is 21.8. The number of carbonyl (C=O) groups is 3. The van der Waals surface area contributed by atoms with E-state index in [0.717, 1.165) is 58.7 Å². The molecule has 1 atom stereocenters. The predicted octanol–water partition coefficient (Wildman–Crippen LogP) is 0.828. The van der Waals surface area contributed by atoms with E-state index in [1.54, 1.807) is 0 Å². The minimum Gasteiger partial charge on any atom is -0.473 e. The van der Waals surface area contributed by atoms with Gasteiger partial charge in [-0.2, -0.15) is 0 Å². The van der Waals surface area contributed by atoms with Crippen molar-refractivity contribution < 1.29 is 24.6 Å². The molecular formula is C20H29N3O5. The Labute approximate surface area is 165 Å². The molecule has 8 heteroatoms. The minimum absolute atomic E-state index is 0.195. The van der Waals surface area contributed by atoms with Gasteiger partial charge in [-0.1, -0.05) is 30.3 Å². The number of nitrogens with zero attached hydrogens (tertiary/aromatic N) is 3. The summed E-state index contributed by atoms with van der Waals surface area (Å²) in [6, 6.07) is 10.6. The van der Waals surface area contributed by atoms with Crippen LogP contribution in [0.1, 0.15) is 18.4 Å². The Kier molecular flexibility index (Phi) is 8.41. The zero-order valence-electron chi connectivity index (χ0n) is 16.3. The highest BCUT2D eigenvalue weighted by Gasteiger charge is 2.30. The first-order valence-corrected chi connectivity index (χ1v) is 9.56. The second-order valence-corrected chi connectivity index (χ2v) is 7.30. The van der Waals surface area contributed by atoms with Gasteiger partial charge in [0.2, 0.25) is 5.91 Å². The van der Waals surface area contributed by atoms with Crippen molar-refractivity contribution in [3.8, 4) is 0 Å². The van der Waals surface area contributed by atoms with Crippen LogP contribution >= 0.6 is 0 Å². The summed E-state index contributed by atoms with van der Waals surface area (Å²) in [6.45, 7) is 6.79. The molecule has 0 saturated carbocycles. The lowest BCUT2D eigenvalue weighted by Crippen LogP contribution is -2.51. The van der Waals surface area contributed by atoms with E-state index in [1.165, 1.54) is 5.56 Å². The fourth-order valence-corrected chi connectivity index (χ4v) is 3.53. The van der Waals surface area contributed by atoms with Crippen molar-refractivity contribution in [1.82, 2.24) is 14.7 Å². The van der Waals surface area contributed by atoms with E-state index in [4.69, 9.17) is 19.8 Å². The number of carboxylic acids is 2. The number of hydrogen-bond donors (Lipinski definition) is 2. The molecule has 1 aromatic carbocycles. The smallest absolute Gasteiger partial charge is 0.414 e. The van der Waals surface area contributed by atoms with E-state index >= 15 is 0 Å². The molecule has 2 heterocycles. The van der Waals surface area contributed by atoms with Crippen molar-refractivity contribution in [3.63, 3.8) is 0 Å². The molecule has 1 aromatic rings. The van der Waals surface area contributed by atoms with Gasteiger partial charge in [0.1, 0.15) is 0 Å². The molecule has 1 unspecified atom stereocenters. The van der Waals surface area contributed by atoms with Crippen LogP contribution in [0.2, 0.25) is 0 Å². The summed E-state index contributed by atoms with van der Waals surface area (Å²) in [5, 5.41) is 14.8. The minimum atomic E-state index is -1.82.